The summed E-state index contributed by atoms with van der Waals surface area (Å²) in [5.41, 5.74) is 0.676. The number of aromatic nitrogens is 1. The van der Waals surface area contributed by atoms with Crippen LogP contribution in [0.4, 0.5) is 0 Å². The van der Waals surface area contributed by atoms with Crippen molar-refractivity contribution in [2.75, 3.05) is 13.1 Å². The molecule has 1 aromatic carbocycles. The number of carbonyl (C=O) groups excluding carboxylic acids is 4. The van der Waals surface area contributed by atoms with E-state index in [1.165, 1.54) is 6.92 Å². The van der Waals surface area contributed by atoms with E-state index in [1.807, 2.05) is 24.3 Å². The summed E-state index contributed by atoms with van der Waals surface area (Å²) >= 11 is 0. The molecule has 2 aromatic rings. The van der Waals surface area contributed by atoms with E-state index in [0.717, 1.165) is 43.0 Å². The van der Waals surface area contributed by atoms with Gasteiger partial charge in [-0.2, -0.15) is 0 Å². The van der Waals surface area contributed by atoms with Gasteiger partial charge in [-0.3, -0.25) is 19.2 Å². The number of para-hydroxylation sites is 1. The van der Waals surface area contributed by atoms with Gasteiger partial charge in [0.25, 0.3) is 5.91 Å². The number of carboxylic acid groups (broad SMARTS) is 1. The van der Waals surface area contributed by atoms with Gasteiger partial charge in [-0.15, -0.1) is 0 Å². The summed E-state index contributed by atoms with van der Waals surface area (Å²) in [6.45, 7) is 2.61. The van der Waals surface area contributed by atoms with E-state index in [-0.39, 0.29) is 24.2 Å². The standard InChI is InChI=1S/C31H41N5O6/c1-19(37)36-13-11-31(12-14-36)18-22(27(38)35-31)17-26(30(41)42)34-28(39)24(15-20-7-3-2-4-8-20)33-29(40)25-16-21-9-5-6-10-23(21)32-25/h5-6,9-10,16,20,22,24,26,32H,2-4,7-8,11-15,17-18H2,1H3,(H,33,40)(H,34,39)(H,35,38)(H,41,42). The molecule has 1 aliphatic carbocycles. The van der Waals surface area contributed by atoms with Gasteiger partial charge in [0.15, 0.2) is 0 Å². The highest BCUT2D eigenvalue weighted by Gasteiger charge is 2.47. The number of nitrogens with zero attached hydrogens (tertiary/aromatic N) is 1. The highest BCUT2D eigenvalue weighted by Crippen LogP contribution is 2.36. The number of amides is 4. The molecule has 5 N–H and O–H groups in total. The minimum absolute atomic E-state index is 0.00112. The lowest BCUT2D eigenvalue weighted by Crippen LogP contribution is -2.53. The molecule has 1 aromatic heterocycles. The van der Waals surface area contributed by atoms with Gasteiger partial charge in [-0.05, 0) is 50.2 Å². The molecule has 226 valence electrons. The van der Waals surface area contributed by atoms with E-state index in [9.17, 15) is 29.1 Å². The summed E-state index contributed by atoms with van der Waals surface area (Å²) in [6.07, 6.45) is 7.25. The predicted octanol–water partition coefficient (Wildman–Crippen LogP) is 2.71. The first-order valence-corrected chi connectivity index (χ1v) is 15.1. The Morgan fingerprint density at radius 1 is 1.02 bits per heavy atom. The van der Waals surface area contributed by atoms with Gasteiger partial charge in [0.2, 0.25) is 17.7 Å². The van der Waals surface area contributed by atoms with Gasteiger partial charge in [-0.25, -0.2) is 4.79 Å². The largest absolute Gasteiger partial charge is 0.480 e. The van der Waals surface area contributed by atoms with E-state index >= 15 is 0 Å². The van der Waals surface area contributed by atoms with Crippen molar-refractivity contribution < 1.29 is 29.1 Å². The molecule has 3 fully saturated rings. The first kappa shape index (κ1) is 29.6. The van der Waals surface area contributed by atoms with Crippen LogP contribution in [-0.2, 0) is 19.2 Å². The summed E-state index contributed by atoms with van der Waals surface area (Å²) in [7, 11) is 0. The third kappa shape index (κ3) is 6.77. The van der Waals surface area contributed by atoms with Crippen molar-refractivity contribution in [3.05, 3.63) is 36.0 Å². The van der Waals surface area contributed by atoms with Crippen LogP contribution >= 0.6 is 0 Å². The number of piperidine rings is 1. The van der Waals surface area contributed by atoms with Crippen molar-refractivity contribution in [2.24, 2.45) is 11.8 Å². The summed E-state index contributed by atoms with van der Waals surface area (Å²) in [5, 5.41) is 19.5. The number of aromatic amines is 1. The Balaban J connectivity index is 1.26. The number of carbonyl (C=O) groups is 5. The Bertz CT molecular complexity index is 1310. The molecule has 42 heavy (non-hydrogen) atoms. The summed E-state index contributed by atoms with van der Waals surface area (Å²) in [4.78, 5) is 68.6. The maximum Gasteiger partial charge on any atom is 0.326 e. The molecule has 3 heterocycles. The predicted molar refractivity (Wildman–Crippen MR) is 155 cm³/mol. The lowest BCUT2D eigenvalue weighted by Gasteiger charge is -2.39. The van der Waals surface area contributed by atoms with E-state index in [2.05, 4.69) is 20.9 Å². The fourth-order valence-corrected chi connectivity index (χ4v) is 6.95. The fraction of sp³-hybridized carbons (Fsp3) is 0.581. The van der Waals surface area contributed by atoms with Gasteiger partial charge < -0.3 is 30.9 Å². The Kier molecular flexibility index (Phi) is 8.84. The third-order valence-corrected chi connectivity index (χ3v) is 9.39. The summed E-state index contributed by atoms with van der Waals surface area (Å²) in [6, 6.07) is 7.05. The monoisotopic (exact) mass is 579 g/mol. The number of carboxylic acids is 1. The van der Waals surface area contributed by atoms with E-state index in [1.54, 1.807) is 11.0 Å². The normalized spacial score (nSPS) is 22.0. The lowest BCUT2D eigenvalue weighted by atomic mass is 9.82. The quantitative estimate of drug-likeness (QED) is 0.307. The van der Waals surface area contributed by atoms with Crippen molar-refractivity contribution in [2.45, 2.75) is 88.8 Å². The topological polar surface area (TPSA) is 161 Å². The second-order valence-corrected chi connectivity index (χ2v) is 12.3. The van der Waals surface area contributed by atoms with Crippen molar-refractivity contribution in [1.82, 2.24) is 25.8 Å². The summed E-state index contributed by atoms with van der Waals surface area (Å²) in [5.74, 6) is -2.75. The third-order valence-electron chi connectivity index (χ3n) is 9.39. The van der Waals surface area contributed by atoms with Gasteiger partial charge in [0, 0.05) is 42.4 Å². The van der Waals surface area contributed by atoms with Gasteiger partial charge in [-0.1, -0.05) is 50.3 Å². The molecule has 1 saturated carbocycles. The Hall–Kier alpha value is -3.89. The van der Waals surface area contributed by atoms with Crippen LogP contribution in [0.25, 0.3) is 10.9 Å². The SMILES string of the molecule is CC(=O)N1CCC2(CC1)CC(CC(NC(=O)C(CC1CCCCC1)NC(=O)c1cc3ccccc3[nH]1)C(=O)O)C(=O)N2. The zero-order valence-corrected chi connectivity index (χ0v) is 24.1. The number of benzene rings is 1. The van der Waals surface area contributed by atoms with E-state index in [0.29, 0.717) is 44.5 Å². The lowest BCUT2D eigenvalue weighted by molar-refractivity contribution is -0.143. The molecule has 1 spiro atoms. The molecule has 11 heteroatoms. The highest BCUT2D eigenvalue weighted by atomic mass is 16.4. The maximum absolute atomic E-state index is 13.6. The molecular weight excluding hydrogens is 538 g/mol. The van der Waals surface area contributed by atoms with Gasteiger partial charge in [0.1, 0.15) is 17.8 Å². The molecule has 0 bridgehead atoms. The number of likely N-dealkylation sites (tertiary alicyclic amines) is 1. The Morgan fingerprint density at radius 2 is 1.74 bits per heavy atom. The molecule has 3 atom stereocenters. The molecule has 2 saturated heterocycles. The van der Waals surface area contributed by atoms with Gasteiger partial charge in [0.05, 0.1) is 0 Å². The molecule has 0 radical (unpaired) electrons. The molecule has 4 amide bonds. The summed E-state index contributed by atoms with van der Waals surface area (Å²) < 4.78 is 0. The molecular formula is C31H41N5O6. The minimum Gasteiger partial charge on any atom is -0.480 e. The smallest absolute Gasteiger partial charge is 0.326 e. The number of nitrogens with one attached hydrogen (secondary N) is 4. The fourth-order valence-electron chi connectivity index (χ4n) is 6.95. The Labute approximate surface area is 245 Å². The van der Waals surface area contributed by atoms with Crippen LogP contribution in [0.3, 0.4) is 0 Å². The first-order chi connectivity index (χ1) is 20.1. The zero-order chi connectivity index (χ0) is 29.9. The zero-order valence-electron chi connectivity index (χ0n) is 24.1. The number of aliphatic carboxylic acids is 1. The van der Waals surface area contributed by atoms with Crippen LogP contribution in [0.15, 0.2) is 30.3 Å². The van der Waals surface area contributed by atoms with Crippen molar-refractivity contribution >= 4 is 40.5 Å². The van der Waals surface area contributed by atoms with Crippen LogP contribution < -0.4 is 16.0 Å². The second-order valence-electron chi connectivity index (χ2n) is 12.3. The Morgan fingerprint density at radius 3 is 2.40 bits per heavy atom. The average molecular weight is 580 g/mol. The van der Waals surface area contributed by atoms with Crippen LogP contribution in [0.2, 0.25) is 0 Å². The van der Waals surface area contributed by atoms with Crippen LogP contribution in [0, 0.1) is 11.8 Å². The van der Waals surface area contributed by atoms with Crippen LogP contribution in [0.5, 0.6) is 0 Å². The number of rotatable bonds is 9. The van der Waals surface area contributed by atoms with Crippen LogP contribution in [0.1, 0.15) is 81.6 Å². The highest BCUT2D eigenvalue weighted by molar-refractivity contribution is 6.00. The molecule has 3 aliphatic rings. The molecule has 2 aliphatic heterocycles. The van der Waals surface area contributed by atoms with E-state index < -0.39 is 41.3 Å². The van der Waals surface area contributed by atoms with Gasteiger partial charge >= 0.3 is 5.97 Å². The number of hydrogen-bond donors (Lipinski definition) is 5. The molecule has 3 unspecified atom stereocenters. The number of H-pyrrole nitrogens is 1. The first-order valence-electron chi connectivity index (χ1n) is 15.1. The molecule has 11 nitrogen and oxygen atoms in total. The minimum atomic E-state index is -1.28. The van der Waals surface area contributed by atoms with Crippen molar-refractivity contribution in [3.8, 4) is 0 Å². The molecule has 5 rings (SSSR count). The van der Waals surface area contributed by atoms with Crippen LogP contribution in [-0.4, -0.2) is 75.3 Å². The van der Waals surface area contributed by atoms with Crippen molar-refractivity contribution in [1.29, 1.82) is 0 Å². The number of hydrogen-bond acceptors (Lipinski definition) is 5. The second kappa shape index (κ2) is 12.5. The number of fused-ring (bicyclic) bond motifs is 1. The average Bonchev–Trinajstić information content (AvgIpc) is 3.53. The van der Waals surface area contributed by atoms with Crippen molar-refractivity contribution in [3.63, 3.8) is 0 Å². The maximum atomic E-state index is 13.6. The van der Waals surface area contributed by atoms with E-state index in [4.69, 9.17) is 0 Å².